The number of amides is 3. The molecule has 0 radical (unpaired) electrons. The first-order valence-electron chi connectivity index (χ1n) is 6.82. The third-order valence-electron chi connectivity index (χ3n) is 3.14. The summed E-state index contributed by atoms with van der Waals surface area (Å²) in [5.74, 6) is -1.02. The van der Waals surface area contributed by atoms with Gasteiger partial charge in [-0.05, 0) is 6.07 Å². The zero-order valence-corrected chi connectivity index (χ0v) is 13.9. The Kier molecular flexibility index (Phi) is 4.72. The van der Waals surface area contributed by atoms with Crippen molar-refractivity contribution in [1.29, 1.82) is 0 Å². The van der Waals surface area contributed by atoms with Crippen molar-refractivity contribution in [3.63, 3.8) is 0 Å². The second kappa shape index (κ2) is 6.94. The Bertz CT molecular complexity index is 883. The molecule has 3 amide bonds. The number of anilines is 1. The van der Waals surface area contributed by atoms with Crippen molar-refractivity contribution >= 4 is 51.0 Å². The van der Waals surface area contributed by atoms with Crippen molar-refractivity contribution in [2.45, 2.75) is 11.7 Å². The summed E-state index contributed by atoms with van der Waals surface area (Å²) in [5.41, 5.74) is 0.177. The summed E-state index contributed by atoms with van der Waals surface area (Å²) in [7, 11) is 0. The number of carbonyl (C=O) groups excluding carboxylic acids is 3. The van der Waals surface area contributed by atoms with Gasteiger partial charge in [0.15, 0.2) is 5.01 Å². The lowest BCUT2D eigenvalue weighted by Gasteiger charge is -2.03. The molecule has 2 heterocycles. The number of carbonyl (C=O) groups is 3. The molecule has 0 saturated carbocycles. The lowest BCUT2D eigenvalue weighted by Crippen LogP contribution is -2.27. The Hall–Kier alpha value is -2.86. The number of benzene rings is 1. The van der Waals surface area contributed by atoms with Crippen molar-refractivity contribution in [3.05, 3.63) is 34.4 Å². The number of rotatable bonds is 5. The van der Waals surface area contributed by atoms with E-state index in [0.29, 0.717) is 5.56 Å². The van der Waals surface area contributed by atoms with Gasteiger partial charge < -0.3 is 5.32 Å². The van der Waals surface area contributed by atoms with Gasteiger partial charge in [0.1, 0.15) is 5.25 Å². The predicted octanol–water partition coefficient (Wildman–Crippen LogP) is 1.79. The zero-order chi connectivity index (χ0) is 18.0. The molecule has 1 fully saturated rings. The van der Waals surface area contributed by atoms with Gasteiger partial charge in [-0.15, -0.1) is 10.2 Å². The van der Waals surface area contributed by atoms with Gasteiger partial charge in [-0.3, -0.25) is 29.8 Å². The molecule has 25 heavy (non-hydrogen) atoms. The van der Waals surface area contributed by atoms with E-state index in [1.807, 2.05) is 0 Å². The van der Waals surface area contributed by atoms with Gasteiger partial charge in [0.05, 0.1) is 10.5 Å². The second-order valence-corrected chi connectivity index (χ2v) is 6.98. The van der Waals surface area contributed by atoms with E-state index in [1.165, 1.54) is 18.2 Å². The number of nitro groups is 1. The van der Waals surface area contributed by atoms with Gasteiger partial charge in [-0.1, -0.05) is 35.2 Å². The van der Waals surface area contributed by atoms with Crippen LogP contribution >= 0.6 is 23.1 Å². The molecule has 1 aliphatic heterocycles. The van der Waals surface area contributed by atoms with Crippen molar-refractivity contribution in [2.75, 3.05) is 5.32 Å². The van der Waals surface area contributed by atoms with Crippen LogP contribution in [0.1, 0.15) is 6.42 Å². The van der Waals surface area contributed by atoms with Crippen molar-refractivity contribution < 1.29 is 19.3 Å². The molecule has 1 unspecified atom stereocenters. The van der Waals surface area contributed by atoms with E-state index in [-0.39, 0.29) is 22.2 Å². The highest BCUT2D eigenvalue weighted by atomic mass is 32.2. The van der Waals surface area contributed by atoms with E-state index in [1.54, 1.807) is 6.07 Å². The molecular formula is C13H9N5O5S2. The van der Waals surface area contributed by atoms with Crippen molar-refractivity contribution in [1.82, 2.24) is 15.5 Å². The summed E-state index contributed by atoms with van der Waals surface area (Å²) in [5, 5.41) is 22.4. The predicted molar refractivity (Wildman–Crippen MR) is 90.2 cm³/mol. The smallest absolute Gasteiger partial charge is 0.286 e. The number of nitrogens with one attached hydrogen (secondary N) is 2. The number of para-hydroxylation sites is 1. The number of imide groups is 1. The van der Waals surface area contributed by atoms with Crippen LogP contribution in [0.2, 0.25) is 0 Å². The van der Waals surface area contributed by atoms with Crippen LogP contribution in [-0.2, 0) is 9.59 Å². The average molecular weight is 379 g/mol. The van der Waals surface area contributed by atoms with E-state index >= 15 is 0 Å². The molecule has 1 saturated heterocycles. The highest BCUT2D eigenvalue weighted by Gasteiger charge is 2.33. The quantitative estimate of drug-likeness (QED) is 0.591. The maximum absolute atomic E-state index is 12.0. The van der Waals surface area contributed by atoms with Gasteiger partial charge in [0.2, 0.25) is 16.9 Å². The molecule has 1 aliphatic rings. The molecule has 2 aromatic rings. The molecule has 1 atom stereocenters. The Balaban J connectivity index is 1.70. The molecule has 0 spiro atoms. The molecular weight excluding hydrogens is 370 g/mol. The summed E-state index contributed by atoms with van der Waals surface area (Å²) in [6.07, 6.45) is -0.192. The van der Waals surface area contributed by atoms with Crippen LogP contribution in [0.4, 0.5) is 15.6 Å². The number of hydrogen-bond acceptors (Lipinski definition) is 9. The van der Waals surface area contributed by atoms with E-state index in [9.17, 15) is 24.5 Å². The van der Waals surface area contributed by atoms with Gasteiger partial charge in [0.25, 0.3) is 10.9 Å². The van der Waals surface area contributed by atoms with E-state index in [2.05, 4.69) is 20.8 Å². The second-order valence-electron chi connectivity index (χ2n) is 4.82. The summed E-state index contributed by atoms with van der Waals surface area (Å²) in [6.45, 7) is 0. The molecule has 1 aromatic carbocycles. The van der Waals surface area contributed by atoms with E-state index < -0.39 is 27.2 Å². The first-order valence-corrected chi connectivity index (χ1v) is 8.52. The van der Waals surface area contributed by atoms with Crippen LogP contribution in [0.15, 0.2) is 24.3 Å². The third-order valence-corrected chi connectivity index (χ3v) is 4.99. The van der Waals surface area contributed by atoms with Crippen LogP contribution in [0.25, 0.3) is 10.6 Å². The minimum absolute atomic E-state index is 0.117. The number of thioether (sulfide) groups is 1. The molecule has 128 valence electrons. The summed E-state index contributed by atoms with van der Waals surface area (Å²) in [6, 6.07) is 6.06. The first kappa shape index (κ1) is 17.0. The fourth-order valence-corrected chi connectivity index (χ4v) is 3.68. The number of aromatic nitrogens is 2. The highest BCUT2D eigenvalue weighted by Crippen LogP contribution is 2.33. The largest absolute Gasteiger partial charge is 0.300 e. The summed E-state index contributed by atoms with van der Waals surface area (Å²) in [4.78, 5) is 45.0. The highest BCUT2D eigenvalue weighted by molar-refractivity contribution is 8.15. The molecule has 12 heteroatoms. The normalized spacial score (nSPS) is 16.6. The minimum atomic E-state index is -0.782. The number of nitro benzene ring substituents is 1. The number of hydrogen-bond donors (Lipinski definition) is 2. The fraction of sp³-hybridized carbons (Fsp3) is 0.154. The van der Waals surface area contributed by atoms with Crippen LogP contribution < -0.4 is 10.6 Å². The maximum Gasteiger partial charge on any atom is 0.286 e. The van der Waals surface area contributed by atoms with E-state index in [0.717, 1.165) is 23.1 Å². The lowest BCUT2D eigenvalue weighted by molar-refractivity contribution is -0.384. The Morgan fingerprint density at radius 3 is 2.76 bits per heavy atom. The topological polar surface area (TPSA) is 144 Å². The SMILES string of the molecule is O=C(CC1SC(=O)NC1=O)Nc1nnc(-c2ccccc2[N+](=O)[O-])s1. The molecule has 2 N–H and O–H groups in total. The maximum atomic E-state index is 12.0. The van der Waals surface area contributed by atoms with Crippen LogP contribution in [0.3, 0.4) is 0 Å². The molecule has 0 aliphatic carbocycles. The molecule has 3 rings (SSSR count). The summed E-state index contributed by atoms with van der Waals surface area (Å²) < 4.78 is 0. The Morgan fingerprint density at radius 2 is 2.08 bits per heavy atom. The fourth-order valence-electron chi connectivity index (χ4n) is 2.06. The van der Waals surface area contributed by atoms with Gasteiger partial charge >= 0.3 is 0 Å². The zero-order valence-electron chi connectivity index (χ0n) is 12.3. The third kappa shape index (κ3) is 3.80. The van der Waals surface area contributed by atoms with Crippen molar-refractivity contribution in [2.24, 2.45) is 0 Å². The minimum Gasteiger partial charge on any atom is -0.300 e. The van der Waals surface area contributed by atoms with Crippen molar-refractivity contribution in [3.8, 4) is 10.6 Å². The van der Waals surface area contributed by atoms with Gasteiger partial charge in [0, 0.05) is 12.5 Å². The van der Waals surface area contributed by atoms with E-state index in [4.69, 9.17) is 0 Å². The molecule has 0 bridgehead atoms. The standard InChI is InChI=1S/C13H9N5O5S2/c19-9(5-8-10(20)15-13(21)24-8)14-12-17-16-11(25-12)6-3-1-2-4-7(6)18(22)23/h1-4,8H,5H2,(H,14,17,19)(H,15,20,21). The van der Waals surface area contributed by atoms with Gasteiger partial charge in [-0.25, -0.2) is 0 Å². The molecule has 10 nitrogen and oxygen atoms in total. The van der Waals surface area contributed by atoms with Gasteiger partial charge in [-0.2, -0.15) is 0 Å². The number of nitrogens with zero attached hydrogens (tertiary/aromatic N) is 3. The van der Waals surface area contributed by atoms with Crippen LogP contribution in [0.5, 0.6) is 0 Å². The lowest BCUT2D eigenvalue weighted by atomic mass is 10.2. The molecule has 1 aromatic heterocycles. The Morgan fingerprint density at radius 1 is 1.32 bits per heavy atom. The summed E-state index contributed by atoms with van der Waals surface area (Å²) >= 11 is 1.72. The average Bonchev–Trinajstić information content (AvgIpc) is 3.14. The van der Waals surface area contributed by atoms with Crippen LogP contribution in [-0.4, -0.2) is 37.4 Å². The monoisotopic (exact) mass is 379 g/mol. The first-order chi connectivity index (χ1) is 11.9. The van der Waals surface area contributed by atoms with Crippen LogP contribution in [0, 0.1) is 10.1 Å². The Labute approximate surface area is 148 Å².